The number of nitrogens with zero attached hydrogens (tertiary/aromatic N) is 2. The zero-order valence-electron chi connectivity index (χ0n) is 10.4. The van der Waals surface area contributed by atoms with E-state index < -0.39 is 0 Å². The number of nitrogens with one attached hydrogen (secondary N) is 1. The monoisotopic (exact) mass is 283 g/mol. The van der Waals surface area contributed by atoms with Crippen molar-refractivity contribution >= 4 is 30.7 Å². The lowest BCUT2D eigenvalue weighted by molar-refractivity contribution is -0.137. The van der Waals surface area contributed by atoms with Gasteiger partial charge >= 0.3 is 0 Å². The highest BCUT2D eigenvalue weighted by atomic mass is 35.5. The van der Waals surface area contributed by atoms with Crippen molar-refractivity contribution in [2.75, 3.05) is 46.3 Å². The number of rotatable bonds is 1. The maximum atomic E-state index is 12.1. The van der Waals surface area contributed by atoms with Gasteiger partial charge in [0.2, 0.25) is 5.91 Å². The van der Waals surface area contributed by atoms with Crippen LogP contribution in [0.4, 0.5) is 0 Å². The average molecular weight is 284 g/mol. The minimum Gasteiger partial charge on any atom is -0.340 e. The minimum absolute atomic E-state index is 0. The number of amides is 1. The van der Waals surface area contributed by atoms with Crippen LogP contribution in [0.1, 0.15) is 12.8 Å². The molecule has 0 radical (unpaired) electrons. The van der Waals surface area contributed by atoms with E-state index in [-0.39, 0.29) is 30.7 Å². The number of piperazine rings is 1. The van der Waals surface area contributed by atoms with Crippen LogP contribution in [0.15, 0.2) is 0 Å². The molecule has 0 spiro atoms. The van der Waals surface area contributed by atoms with Crippen LogP contribution in [0.3, 0.4) is 0 Å². The summed E-state index contributed by atoms with van der Waals surface area (Å²) in [4.78, 5) is 16.4. The van der Waals surface area contributed by atoms with Gasteiger partial charge in [0.05, 0.1) is 5.92 Å². The molecular formula is C11H23Cl2N3O. The van der Waals surface area contributed by atoms with Gasteiger partial charge in [0, 0.05) is 32.7 Å². The smallest absolute Gasteiger partial charge is 0.227 e. The molecule has 2 rings (SSSR count). The molecule has 2 aliphatic heterocycles. The largest absolute Gasteiger partial charge is 0.340 e. The molecule has 1 N–H and O–H groups in total. The van der Waals surface area contributed by atoms with E-state index in [0.717, 1.165) is 52.1 Å². The third kappa shape index (κ3) is 4.62. The summed E-state index contributed by atoms with van der Waals surface area (Å²) in [5, 5.41) is 3.31. The summed E-state index contributed by atoms with van der Waals surface area (Å²) in [5.74, 6) is 0.609. The van der Waals surface area contributed by atoms with Crippen LogP contribution in [-0.2, 0) is 4.79 Å². The first-order valence-corrected chi connectivity index (χ1v) is 5.95. The highest BCUT2D eigenvalue weighted by Gasteiger charge is 2.27. The first-order valence-electron chi connectivity index (χ1n) is 5.95. The van der Waals surface area contributed by atoms with Crippen molar-refractivity contribution in [3.05, 3.63) is 0 Å². The molecule has 1 unspecified atom stereocenters. The summed E-state index contributed by atoms with van der Waals surface area (Å²) in [6.45, 7) is 5.81. The lowest BCUT2D eigenvalue weighted by Crippen LogP contribution is -2.51. The van der Waals surface area contributed by atoms with E-state index in [4.69, 9.17) is 0 Å². The number of hydrogen-bond donors (Lipinski definition) is 1. The zero-order valence-corrected chi connectivity index (χ0v) is 12.0. The second-order valence-corrected chi connectivity index (χ2v) is 4.67. The molecule has 2 aliphatic rings. The van der Waals surface area contributed by atoms with Crippen molar-refractivity contribution in [1.82, 2.24) is 15.1 Å². The van der Waals surface area contributed by atoms with E-state index in [1.807, 2.05) is 4.90 Å². The summed E-state index contributed by atoms with van der Waals surface area (Å²) in [6, 6.07) is 0. The van der Waals surface area contributed by atoms with Crippen LogP contribution >= 0.6 is 24.8 Å². The Bertz CT molecular complexity index is 227. The Kier molecular flexibility index (Phi) is 8.12. The Morgan fingerprint density at radius 3 is 2.35 bits per heavy atom. The average Bonchev–Trinajstić information content (AvgIpc) is 2.30. The first kappa shape index (κ1) is 17.0. The topological polar surface area (TPSA) is 35.6 Å². The first-order chi connectivity index (χ1) is 7.27. The van der Waals surface area contributed by atoms with Crippen LogP contribution < -0.4 is 5.32 Å². The van der Waals surface area contributed by atoms with Crippen molar-refractivity contribution in [2.24, 2.45) is 5.92 Å². The molecule has 0 aromatic heterocycles. The number of carbonyl (C=O) groups excluding carboxylic acids is 1. The van der Waals surface area contributed by atoms with Gasteiger partial charge in [-0.15, -0.1) is 24.8 Å². The number of carbonyl (C=O) groups is 1. The standard InChI is InChI=1S/C11H21N3O.2ClH/c1-13-5-7-14(8-6-13)11(15)10-3-2-4-12-9-10;;/h10,12H,2-9H2,1H3;2*1H. The van der Waals surface area contributed by atoms with Crippen LogP contribution in [0, 0.1) is 5.92 Å². The van der Waals surface area contributed by atoms with Crippen LogP contribution in [0.5, 0.6) is 0 Å². The highest BCUT2D eigenvalue weighted by Crippen LogP contribution is 2.14. The Labute approximate surface area is 116 Å². The second-order valence-electron chi connectivity index (χ2n) is 4.67. The minimum atomic E-state index is 0. The SMILES string of the molecule is CN1CCN(C(=O)C2CCCNC2)CC1.Cl.Cl. The van der Waals surface area contributed by atoms with Crippen molar-refractivity contribution < 1.29 is 4.79 Å². The van der Waals surface area contributed by atoms with Crippen LogP contribution in [-0.4, -0.2) is 62.0 Å². The molecule has 2 fully saturated rings. The molecule has 0 aromatic rings. The van der Waals surface area contributed by atoms with Gasteiger partial charge in [-0.3, -0.25) is 4.79 Å². The van der Waals surface area contributed by atoms with E-state index in [1.165, 1.54) is 0 Å². The number of likely N-dealkylation sites (N-methyl/N-ethyl adjacent to an activating group) is 1. The van der Waals surface area contributed by atoms with Gasteiger partial charge in [-0.2, -0.15) is 0 Å². The maximum Gasteiger partial charge on any atom is 0.227 e. The lowest BCUT2D eigenvalue weighted by atomic mass is 9.98. The van der Waals surface area contributed by atoms with Crippen LogP contribution in [0.25, 0.3) is 0 Å². The van der Waals surface area contributed by atoms with Gasteiger partial charge in [-0.1, -0.05) is 0 Å². The predicted octanol–water partition coefficient (Wildman–Crippen LogP) is 0.604. The third-order valence-electron chi connectivity index (χ3n) is 3.46. The van der Waals surface area contributed by atoms with Gasteiger partial charge in [0.1, 0.15) is 0 Å². The van der Waals surface area contributed by atoms with Crippen molar-refractivity contribution in [3.63, 3.8) is 0 Å². The Balaban J connectivity index is 0.00000128. The van der Waals surface area contributed by atoms with E-state index in [2.05, 4.69) is 17.3 Å². The number of piperidine rings is 1. The number of hydrogen-bond acceptors (Lipinski definition) is 3. The molecule has 0 aromatic carbocycles. The van der Waals surface area contributed by atoms with Gasteiger partial charge < -0.3 is 15.1 Å². The number of halogens is 2. The second kappa shape index (κ2) is 8.14. The van der Waals surface area contributed by atoms with E-state index >= 15 is 0 Å². The third-order valence-corrected chi connectivity index (χ3v) is 3.46. The Morgan fingerprint density at radius 2 is 1.82 bits per heavy atom. The molecule has 102 valence electrons. The molecule has 6 heteroatoms. The zero-order chi connectivity index (χ0) is 10.7. The summed E-state index contributed by atoms with van der Waals surface area (Å²) in [7, 11) is 2.12. The molecule has 0 aliphatic carbocycles. The molecule has 4 nitrogen and oxygen atoms in total. The van der Waals surface area contributed by atoms with E-state index in [0.29, 0.717) is 5.91 Å². The quantitative estimate of drug-likeness (QED) is 0.766. The Hall–Kier alpha value is -0.0300. The molecule has 2 heterocycles. The fourth-order valence-electron chi connectivity index (χ4n) is 2.35. The van der Waals surface area contributed by atoms with Gasteiger partial charge in [0.25, 0.3) is 0 Å². The summed E-state index contributed by atoms with van der Waals surface area (Å²) >= 11 is 0. The molecule has 17 heavy (non-hydrogen) atoms. The van der Waals surface area contributed by atoms with Crippen molar-refractivity contribution in [2.45, 2.75) is 12.8 Å². The maximum absolute atomic E-state index is 12.1. The molecule has 0 saturated carbocycles. The molecule has 2 saturated heterocycles. The van der Waals surface area contributed by atoms with Gasteiger partial charge in [0.15, 0.2) is 0 Å². The predicted molar refractivity (Wildman–Crippen MR) is 74.2 cm³/mol. The summed E-state index contributed by atoms with van der Waals surface area (Å²) in [6.07, 6.45) is 2.21. The molecular weight excluding hydrogens is 261 g/mol. The van der Waals surface area contributed by atoms with Crippen molar-refractivity contribution in [1.29, 1.82) is 0 Å². The lowest BCUT2D eigenvalue weighted by Gasteiger charge is -2.35. The molecule has 0 bridgehead atoms. The van der Waals surface area contributed by atoms with E-state index in [1.54, 1.807) is 0 Å². The van der Waals surface area contributed by atoms with Crippen LogP contribution in [0.2, 0.25) is 0 Å². The fraction of sp³-hybridized carbons (Fsp3) is 0.909. The van der Waals surface area contributed by atoms with Gasteiger partial charge in [-0.25, -0.2) is 0 Å². The van der Waals surface area contributed by atoms with Crippen molar-refractivity contribution in [3.8, 4) is 0 Å². The fourth-order valence-corrected chi connectivity index (χ4v) is 2.35. The normalized spacial score (nSPS) is 25.7. The molecule has 1 atom stereocenters. The molecule has 1 amide bonds. The van der Waals surface area contributed by atoms with Gasteiger partial charge in [-0.05, 0) is 26.4 Å². The van der Waals surface area contributed by atoms with E-state index in [9.17, 15) is 4.79 Å². The Morgan fingerprint density at radius 1 is 1.18 bits per heavy atom. The summed E-state index contributed by atoms with van der Waals surface area (Å²) < 4.78 is 0. The highest BCUT2D eigenvalue weighted by molar-refractivity contribution is 5.85. The summed E-state index contributed by atoms with van der Waals surface area (Å²) in [5.41, 5.74) is 0.